The predicted molar refractivity (Wildman–Crippen MR) is 91.2 cm³/mol. The minimum Gasteiger partial charge on any atom is -0.391 e. The first-order chi connectivity index (χ1) is 11.8. The Bertz CT molecular complexity index is 833. The molecule has 0 fully saturated rings. The van der Waals surface area contributed by atoms with E-state index in [0.29, 0.717) is 0 Å². The third kappa shape index (κ3) is 4.65. The number of pyridine rings is 1. The molecule has 0 radical (unpaired) electrons. The number of hydroxylamine groups is 1. The Balaban J connectivity index is 2.34. The van der Waals surface area contributed by atoms with Crippen LogP contribution in [0.4, 0.5) is 15.9 Å². The van der Waals surface area contributed by atoms with Gasteiger partial charge in [0.15, 0.2) is 0 Å². The maximum Gasteiger partial charge on any atom is 0.278 e. The summed E-state index contributed by atoms with van der Waals surface area (Å²) in [5, 5.41) is 11.9. The summed E-state index contributed by atoms with van der Waals surface area (Å²) in [5.41, 5.74) is 2.78. The molecule has 1 atom stereocenters. The second-order valence-electron chi connectivity index (χ2n) is 5.69. The molecule has 8 heteroatoms. The van der Waals surface area contributed by atoms with E-state index in [2.05, 4.69) is 10.8 Å². The molecule has 0 saturated heterocycles. The second-order valence-corrected chi connectivity index (χ2v) is 5.69. The van der Waals surface area contributed by atoms with Gasteiger partial charge < -0.3 is 10.4 Å². The van der Waals surface area contributed by atoms with Gasteiger partial charge in [0.25, 0.3) is 11.5 Å². The first-order valence-electron chi connectivity index (χ1n) is 7.63. The zero-order chi connectivity index (χ0) is 18.6. The van der Waals surface area contributed by atoms with Gasteiger partial charge in [-0.05, 0) is 37.6 Å². The van der Waals surface area contributed by atoms with Crippen molar-refractivity contribution in [1.29, 1.82) is 0 Å². The van der Waals surface area contributed by atoms with Crippen LogP contribution < -0.4 is 16.4 Å². The normalized spacial score (nSPS) is 11.9. The van der Waals surface area contributed by atoms with Gasteiger partial charge in [-0.3, -0.25) is 19.0 Å². The number of aryl methyl sites for hydroxylation is 1. The van der Waals surface area contributed by atoms with Gasteiger partial charge in [-0.1, -0.05) is 6.07 Å². The number of carbonyl (C=O) groups excluding carboxylic acids is 1. The van der Waals surface area contributed by atoms with Crippen LogP contribution in [0.3, 0.4) is 0 Å². The highest BCUT2D eigenvalue weighted by molar-refractivity contribution is 5.98. The number of aromatic nitrogens is 1. The number of anilines is 2. The van der Waals surface area contributed by atoms with Gasteiger partial charge in [0.2, 0.25) is 0 Å². The van der Waals surface area contributed by atoms with Crippen LogP contribution in [0.1, 0.15) is 22.8 Å². The van der Waals surface area contributed by atoms with Crippen LogP contribution in [0.5, 0.6) is 0 Å². The summed E-state index contributed by atoms with van der Waals surface area (Å²) in [7, 11) is 1.46. The molecule has 0 unspecified atom stereocenters. The smallest absolute Gasteiger partial charge is 0.278 e. The van der Waals surface area contributed by atoms with Crippen LogP contribution in [0.25, 0.3) is 0 Å². The summed E-state index contributed by atoms with van der Waals surface area (Å²) >= 11 is 0. The third-order valence-corrected chi connectivity index (χ3v) is 3.43. The molecular weight excluding hydrogens is 329 g/mol. The summed E-state index contributed by atoms with van der Waals surface area (Å²) in [6.07, 6.45) is -0.750. The van der Waals surface area contributed by atoms with Gasteiger partial charge in [-0.25, -0.2) is 9.87 Å². The lowest BCUT2D eigenvalue weighted by Gasteiger charge is -2.16. The van der Waals surface area contributed by atoms with Crippen LogP contribution in [0.15, 0.2) is 35.1 Å². The van der Waals surface area contributed by atoms with Crippen LogP contribution in [-0.4, -0.2) is 28.3 Å². The number of hydrogen-bond donors (Lipinski definition) is 3. The molecule has 2 rings (SSSR count). The Morgan fingerprint density at radius 1 is 1.36 bits per heavy atom. The Morgan fingerprint density at radius 2 is 2.08 bits per heavy atom. The average molecular weight is 349 g/mol. The molecule has 0 aliphatic carbocycles. The molecule has 0 bridgehead atoms. The number of amides is 1. The number of carbonyl (C=O) groups is 1. The quantitative estimate of drug-likeness (QED) is 0.689. The Hall–Kier alpha value is -2.71. The van der Waals surface area contributed by atoms with Crippen molar-refractivity contribution in [2.45, 2.75) is 20.0 Å². The number of aliphatic hydroxyl groups excluding tert-OH is 1. The van der Waals surface area contributed by atoms with E-state index in [1.807, 2.05) is 0 Å². The van der Waals surface area contributed by atoms with Gasteiger partial charge in [0, 0.05) is 13.1 Å². The van der Waals surface area contributed by atoms with Crippen LogP contribution in [-0.2, 0) is 11.9 Å². The molecule has 25 heavy (non-hydrogen) atoms. The highest BCUT2D eigenvalue weighted by Crippen LogP contribution is 2.22. The lowest BCUT2D eigenvalue weighted by molar-refractivity contribution is -0.00685. The minimum absolute atomic E-state index is 0.0904. The standard InChI is InChI=1S/C17H20FN3O4/c1-10-4-6-14(13(18)8-10)19-16-12(5-7-15(23)21(16)3)17(24)20-25-9-11(2)22/h4-8,11,19,22H,9H2,1-3H3,(H,20,24)/t11-/m0/s1. The Labute approximate surface area is 144 Å². The van der Waals surface area contributed by atoms with Crippen molar-refractivity contribution >= 4 is 17.4 Å². The molecule has 1 heterocycles. The third-order valence-electron chi connectivity index (χ3n) is 3.43. The summed E-state index contributed by atoms with van der Waals surface area (Å²) < 4.78 is 15.3. The molecule has 0 aliphatic rings. The van der Waals surface area contributed by atoms with Gasteiger partial charge in [-0.2, -0.15) is 0 Å². The molecule has 0 saturated carbocycles. The Kier molecular flexibility index (Phi) is 5.89. The number of rotatable bonds is 6. The van der Waals surface area contributed by atoms with Crippen molar-refractivity contribution in [3.05, 3.63) is 57.6 Å². The van der Waals surface area contributed by atoms with Crippen molar-refractivity contribution in [3.63, 3.8) is 0 Å². The van der Waals surface area contributed by atoms with Crippen molar-refractivity contribution in [1.82, 2.24) is 10.0 Å². The number of aliphatic hydroxyl groups is 1. The van der Waals surface area contributed by atoms with E-state index in [1.165, 1.54) is 42.8 Å². The van der Waals surface area contributed by atoms with Crippen LogP contribution in [0.2, 0.25) is 0 Å². The topological polar surface area (TPSA) is 92.6 Å². The highest BCUT2D eigenvalue weighted by atomic mass is 19.1. The number of nitrogens with one attached hydrogen (secondary N) is 2. The van der Waals surface area contributed by atoms with E-state index < -0.39 is 17.8 Å². The number of benzene rings is 1. The van der Waals surface area contributed by atoms with Crippen LogP contribution in [0, 0.1) is 12.7 Å². The largest absolute Gasteiger partial charge is 0.391 e. The van der Waals surface area contributed by atoms with Crippen LogP contribution >= 0.6 is 0 Å². The van der Waals surface area contributed by atoms with Crippen molar-refractivity contribution < 1.29 is 19.1 Å². The lowest BCUT2D eigenvalue weighted by Crippen LogP contribution is -2.30. The van der Waals surface area contributed by atoms with E-state index in [1.54, 1.807) is 13.0 Å². The zero-order valence-electron chi connectivity index (χ0n) is 14.2. The van der Waals surface area contributed by atoms with Gasteiger partial charge in [-0.15, -0.1) is 0 Å². The summed E-state index contributed by atoms with van der Waals surface area (Å²) in [6.45, 7) is 3.17. The van der Waals surface area contributed by atoms with Gasteiger partial charge in [0.05, 0.1) is 17.4 Å². The van der Waals surface area contributed by atoms with E-state index in [0.717, 1.165) is 5.56 Å². The average Bonchev–Trinajstić information content (AvgIpc) is 2.53. The lowest BCUT2D eigenvalue weighted by atomic mass is 10.2. The van der Waals surface area contributed by atoms with Crippen molar-refractivity contribution in [3.8, 4) is 0 Å². The van der Waals surface area contributed by atoms with E-state index >= 15 is 0 Å². The fraction of sp³-hybridized carbons (Fsp3) is 0.294. The van der Waals surface area contributed by atoms with Gasteiger partial charge >= 0.3 is 0 Å². The van der Waals surface area contributed by atoms with E-state index in [9.17, 15) is 14.0 Å². The van der Waals surface area contributed by atoms with Crippen molar-refractivity contribution in [2.24, 2.45) is 7.05 Å². The maximum absolute atomic E-state index is 14.1. The zero-order valence-corrected chi connectivity index (χ0v) is 14.2. The predicted octanol–water partition coefficient (Wildman–Crippen LogP) is 1.62. The molecule has 7 nitrogen and oxygen atoms in total. The number of nitrogens with zero attached hydrogens (tertiary/aromatic N) is 1. The number of halogens is 1. The molecule has 0 aliphatic heterocycles. The van der Waals surface area contributed by atoms with E-state index in [-0.39, 0.29) is 29.2 Å². The molecule has 1 amide bonds. The molecular formula is C17H20FN3O4. The molecule has 2 aromatic rings. The Morgan fingerprint density at radius 3 is 2.72 bits per heavy atom. The van der Waals surface area contributed by atoms with E-state index in [4.69, 9.17) is 9.94 Å². The second kappa shape index (κ2) is 7.91. The summed E-state index contributed by atoms with van der Waals surface area (Å²) in [5.74, 6) is -1.02. The summed E-state index contributed by atoms with van der Waals surface area (Å²) in [6, 6.07) is 7.11. The highest BCUT2D eigenvalue weighted by Gasteiger charge is 2.17. The fourth-order valence-corrected chi connectivity index (χ4v) is 2.10. The van der Waals surface area contributed by atoms with Gasteiger partial charge in [0.1, 0.15) is 18.2 Å². The minimum atomic E-state index is -0.750. The van der Waals surface area contributed by atoms with Crippen molar-refractivity contribution in [2.75, 3.05) is 11.9 Å². The molecule has 0 spiro atoms. The molecule has 3 N–H and O–H groups in total. The molecule has 1 aromatic heterocycles. The first kappa shape index (κ1) is 18.6. The SMILES string of the molecule is Cc1ccc(Nc2c(C(=O)NOC[C@H](C)O)ccc(=O)n2C)c(F)c1. The molecule has 134 valence electrons. The first-order valence-corrected chi connectivity index (χ1v) is 7.63. The fourth-order valence-electron chi connectivity index (χ4n) is 2.10. The molecule has 1 aromatic carbocycles. The number of hydrogen-bond acceptors (Lipinski definition) is 5. The monoisotopic (exact) mass is 349 g/mol. The summed E-state index contributed by atoms with van der Waals surface area (Å²) in [4.78, 5) is 29.0. The maximum atomic E-state index is 14.1.